The molecule has 2 aromatic rings. The SMILES string of the molecule is CCOc1ccc(/C=C/C(=O)Nc2ccc(C(O)CCN3CCOCC3)cc2)cc1. The molecule has 30 heavy (non-hydrogen) atoms. The molecule has 1 aliphatic rings. The Hall–Kier alpha value is -2.67. The van der Waals surface area contributed by atoms with Crippen molar-refractivity contribution >= 4 is 17.7 Å². The molecule has 0 saturated carbocycles. The number of hydrogen-bond donors (Lipinski definition) is 2. The third-order valence-corrected chi connectivity index (χ3v) is 5.00. The van der Waals surface area contributed by atoms with E-state index in [4.69, 9.17) is 9.47 Å². The molecule has 1 saturated heterocycles. The molecule has 2 aromatic carbocycles. The van der Waals surface area contributed by atoms with Crippen molar-refractivity contribution in [2.75, 3.05) is 44.8 Å². The molecule has 1 unspecified atom stereocenters. The second kappa shape index (κ2) is 11.5. The van der Waals surface area contributed by atoms with Gasteiger partial charge in [0, 0.05) is 31.4 Å². The third kappa shape index (κ3) is 6.99. The first-order chi connectivity index (χ1) is 14.6. The van der Waals surface area contributed by atoms with Crippen LogP contribution in [0.3, 0.4) is 0 Å². The summed E-state index contributed by atoms with van der Waals surface area (Å²) in [5, 5.41) is 13.3. The van der Waals surface area contributed by atoms with Gasteiger partial charge in [-0.3, -0.25) is 9.69 Å². The number of anilines is 1. The van der Waals surface area contributed by atoms with Crippen LogP contribution in [0.15, 0.2) is 54.6 Å². The molecule has 0 spiro atoms. The Balaban J connectivity index is 1.46. The molecule has 0 radical (unpaired) electrons. The zero-order valence-corrected chi connectivity index (χ0v) is 17.4. The molecule has 6 nitrogen and oxygen atoms in total. The Kier molecular flexibility index (Phi) is 8.44. The van der Waals surface area contributed by atoms with E-state index in [1.54, 1.807) is 6.08 Å². The number of hydrogen-bond acceptors (Lipinski definition) is 5. The van der Waals surface area contributed by atoms with Crippen molar-refractivity contribution < 1.29 is 19.4 Å². The zero-order chi connectivity index (χ0) is 21.2. The van der Waals surface area contributed by atoms with Crippen LogP contribution < -0.4 is 10.1 Å². The van der Waals surface area contributed by atoms with E-state index in [2.05, 4.69) is 10.2 Å². The summed E-state index contributed by atoms with van der Waals surface area (Å²) in [6, 6.07) is 14.9. The molecule has 1 amide bonds. The van der Waals surface area contributed by atoms with Crippen molar-refractivity contribution in [2.45, 2.75) is 19.4 Å². The molecular weight excluding hydrogens is 380 g/mol. The maximum atomic E-state index is 12.2. The first-order valence-electron chi connectivity index (χ1n) is 10.4. The maximum Gasteiger partial charge on any atom is 0.248 e. The van der Waals surface area contributed by atoms with Gasteiger partial charge in [-0.05, 0) is 54.8 Å². The van der Waals surface area contributed by atoms with Crippen molar-refractivity contribution in [1.82, 2.24) is 4.90 Å². The number of rotatable bonds is 9. The zero-order valence-electron chi connectivity index (χ0n) is 17.4. The smallest absolute Gasteiger partial charge is 0.248 e. The lowest BCUT2D eigenvalue weighted by atomic mass is 10.1. The molecular formula is C24H30N2O4. The summed E-state index contributed by atoms with van der Waals surface area (Å²) in [7, 11) is 0. The lowest BCUT2D eigenvalue weighted by Gasteiger charge is -2.27. The molecule has 2 N–H and O–H groups in total. The highest BCUT2D eigenvalue weighted by atomic mass is 16.5. The van der Waals surface area contributed by atoms with E-state index < -0.39 is 6.10 Å². The van der Waals surface area contributed by atoms with Crippen molar-refractivity contribution in [3.8, 4) is 5.75 Å². The van der Waals surface area contributed by atoms with E-state index in [0.717, 1.165) is 49.7 Å². The fourth-order valence-electron chi connectivity index (χ4n) is 3.28. The number of carbonyl (C=O) groups is 1. The summed E-state index contributed by atoms with van der Waals surface area (Å²) < 4.78 is 10.8. The second-order valence-electron chi connectivity index (χ2n) is 7.21. The highest BCUT2D eigenvalue weighted by Crippen LogP contribution is 2.20. The first-order valence-corrected chi connectivity index (χ1v) is 10.4. The summed E-state index contributed by atoms with van der Waals surface area (Å²) in [6.45, 7) is 6.77. The van der Waals surface area contributed by atoms with Gasteiger partial charge in [0.25, 0.3) is 0 Å². The van der Waals surface area contributed by atoms with Crippen LogP contribution in [0.5, 0.6) is 5.75 Å². The van der Waals surface area contributed by atoms with Gasteiger partial charge in [-0.2, -0.15) is 0 Å². The van der Waals surface area contributed by atoms with Crippen LogP contribution in [-0.2, 0) is 9.53 Å². The highest BCUT2D eigenvalue weighted by Gasteiger charge is 2.13. The third-order valence-electron chi connectivity index (χ3n) is 5.00. The topological polar surface area (TPSA) is 71.0 Å². The molecule has 3 rings (SSSR count). The monoisotopic (exact) mass is 410 g/mol. The van der Waals surface area contributed by atoms with E-state index in [9.17, 15) is 9.90 Å². The van der Waals surface area contributed by atoms with Crippen LogP contribution in [0.4, 0.5) is 5.69 Å². The van der Waals surface area contributed by atoms with E-state index in [0.29, 0.717) is 18.7 Å². The van der Waals surface area contributed by atoms with Crippen LogP contribution in [0.25, 0.3) is 6.08 Å². The Labute approximate surface area is 178 Å². The van der Waals surface area contributed by atoms with E-state index in [1.807, 2.05) is 55.5 Å². The quantitative estimate of drug-likeness (QED) is 0.619. The van der Waals surface area contributed by atoms with Crippen molar-refractivity contribution in [3.05, 3.63) is 65.7 Å². The summed E-state index contributed by atoms with van der Waals surface area (Å²) in [6.07, 6.45) is 3.42. The van der Waals surface area contributed by atoms with E-state index in [-0.39, 0.29) is 5.91 Å². The van der Waals surface area contributed by atoms with Crippen LogP contribution >= 0.6 is 0 Å². The highest BCUT2D eigenvalue weighted by molar-refractivity contribution is 6.01. The molecule has 0 aromatic heterocycles. The minimum atomic E-state index is -0.517. The van der Waals surface area contributed by atoms with Gasteiger partial charge in [0.15, 0.2) is 0 Å². The molecule has 1 fully saturated rings. The number of nitrogens with zero attached hydrogens (tertiary/aromatic N) is 1. The molecule has 1 aliphatic heterocycles. The van der Waals surface area contributed by atoms with Gasteiger partial charge in [0.05, 0.1) is 25.9 Å². The van der Waals surface area contributed by atoms with Crippen LogP contribution in [-0.4, -0.2) is 55.4 Å². The van der Waals surface area contributed by atoms with Crippen molar-refractivity contribution in [3.63, 3.8) is 0 Å². The van der Waals surface area contributed by atoms with Crippen molar-refractivity contribution in [1.29, 1.82) is 0 Å². The Morgan fingerprint density at radius 3 is 2.53 bits per heavy atom. The molecule has 160 valence electrons. The number of aliphatic hydroxyl groups is 1. The minimum absolute atomic E-state index is 0.204. The molecule has 0 aliphatic carbocycles. The number of carbonyl (C=O) groups excluding carboxylic acids is 1. The predicted octanol–water partition coefficient (Wildman–Crippen LogP) is 3.49. The Morgan fingerprint density at radius 2 is 1.87 bits per heavy atom. The van der Waals surface area contributed by atoms with Gasteiger partial charge in [-0.1, -0.05) is 24.3 Å². The normalized spacial score (nSPS) is 15.8. The van der Waals surface area contributed by atoms with Gasteiger partial charge >= 0.3 is 0 Å². The van der Waals surface area contributed by atoms with Crippen LogP contribution in [0, 0.1) is 0 Å². The number of amides is 1. The summed E-state index contributed by atoms with van der Waals surface area (Å²) >= 11 is 0. The Bertz CT molecular complexity index is 812. The molecule has 1 heterocycles. The lowest BCUT2D eigenvalue weighted by molar-refractivity contribution is -0.111. The minimum Gasteiger partial charge on any atom is -0.494 e. The number of nitrogens with one attached hydrogen (secondary N) is 1. The summed E-state index contributed by atoms with van der Waals surface area (Å²) in [5.74, 6) is 0.607. The van der Waals surface area contributed by atoms with Crippen molar-refractivity contribution in [2.24, 2.45) is 0 Å². The van der Waals surface area contributed by atoms with E-state index in [1.165, 1.54) is 6.08 Å². The number of aliphatic hydroxyl groups excluding tert-OH is 1. The number of benzene rings is 2. The van der Waals surface area contributed by atoms with Gasteiger partial charge in [-0.15, -0.1) is 0 Å². The fraction of sp³-hybridized carbons (Fsp3) is 0.375. The largest absolute Gasteiger partial charge is 0.494 e. The fourth-order valence-corrected chi connectivity index (χ4v) is 3.28. The molecule has 1 atom stereocenters. The van der Waals surface area contributed by atoms with Gasteiger partial charge in [-0.25, -0.2) is 0 Å². The maximum absolute atomic E-state index is 12.2. The Morgan fingerprint density at radius 1 is 1.17 bits per heavy atom. The van der Waals surface area contributed by atoms with Crippen LogP contribution in [0.2, 0.25) is 0 Å². The average Bonchev–Trinajstić information content (AvgIpc) is 2.78. The molecule has 0 bridgehead atoms. The second-order valence-corrected chi connectivity index (χ2v) is 7.21. The molecule has 6 heteroatoms. The standard InChI is InChI=1S/C24H30N2O4/c1-2-30-22-10-3-19(4-11-22)5-12-24(28)25-21-8-6-20(7-9-21)23(27)13-14-26-15-17-29-18-16-26/h3-12,23,27H,2,13-18H2,1H3,(H,25,28)/b12-5+. The lowest BCUT2D eigenvalue weighted by Crippen LogP contribution is -2.37. The van der Waals surface area contributed by atoms with Gasteiger partial charge in [0.2, 0.25) is 5.91 Å². The predicted molar refractivity (Wildman–Crippen MR) is 119 cm³/mol. The average molecular weight is 411 g/mol. The number of morpholine rings is 1. The summed E-state index contributed by atoms with van der Waals surface area (Å²) in [5.41, 5.74) is 2.47. The van der Waals surface area contributed by atoms with Gasteiger partial charge in [0.1, 0.15) is 5.75 Å². The van der Waals surface area contributed by atoms with E-state index >= 15 is 0 Å². The van der Waals surface area contributed by atoms with Crippen LogP contribution in [0.1, 0.15) is 30.6 Å². The van der Waals surface area contributed by atoms with Gasteiger partial charge < -0.3 is 19.9 Å². The first kappa shape index (κ1) is 22.0. The summed E-state index contributed by atoms with van der Waals surface area (Å²) in [4.78, 5) is 14.5. The number of ether oxygens (including phenoxy) is 2.